The fourth-order valence-electron chi connectivity index (χ4n) is 10.2. The molecule has 2 aliphatic carbocycles. The summed E-state index contributed by atoms with van der Waals surface area (Å²) in [5.41, 5.74) is 22.5. The largest absolute Gasteiger partial charge is 0.456 e. The van der Waals surface area contributed by atoms with Gasteiger partial charge in [-0.2, -0.15) is 0 Å². The number of hydrogen-bond donors (Lipinski definition) is 0. The molecule has 0 saturated carbocycles. The van der Waals surface area contributed by atoms with Gasteiger partial charge in [0.15, 0.2) is 0 Å². The van der Waals surface area contributed by atoms with Crippen molar-refractivity contribution in [3.05, 3.63) is 252 Å². The van der Waals surface area contributed by atoms with Gasteiger partial charge in [-0.3, -0.25) is 0 Å². The maximum absolute atomic E-state index is 6.78. The minimum Gasteiger partial charge on any atom is -0.456 e. The van der Waals surface area contributed by atoms with Gasteiger partial charge in [0.2, 0.25) is 0 Å². The molecule has 9 aromatic carbocycles. The van der Waals surface area contributed by atoms with E-state index >= 15 is 0 Å². The van der Waals surface area contributed by atoms with Gasteiger partial charge < -0.3 is 9.32 Å². The first-order valence-corrected chi connectivity index (χ1v) is 21.2. The van der Waals surface area contributed by atoms with Crippen LogP contribution >= 0.6 is 0 Å². The molecule has 0 atom stereocenters. The molecule has 0 N–H and O–H groups in total. The minimum atomic E-state index is 0.235. The van der Waals surface area contributed by atoms with E-state index in [0.29, 0.717) is 0 Å². The Bertz CT molecular complexity index is 3280. The van der Waals surface area contributed by atoms with E-state index in [1.807, 2.05) is 0 Å². The Kier molecular flexibility index (Phi) is 8.24. The summed E-state index contributed by atoms with van der Waals surface area (Å²) in [6.07, 6.45) is 1.74. The molecule has 0 amide bonds. The fourth-order valence-corrected chi connectivity index (χ4v) is 10.2. The van der Waals surface area contributed by atoms with Crippen molar-refractivity contribution >= 4 is 44.6 Å². The summed E-state index contributed by atoms with van der Waals surface area (Å²) in [5.74, 6) is 0.235. The number of rotatable bonds is 8. The number of hydrogen-bond acceptors (Lipinski definition) is 2. The average Bonchev–Trinajstić information content (AvgIpc) is 3.98. The molecule has 0 aliphatic heterocycles. The first-order valence-electron chi connectivity index (χ1n) is 21.2. The third-order valence-electron chi connectivity index (χ3n) is 13.0. The van der Waals surface area contributed by atoms with Crippen LogP contribution in [0.4, 0.5) is 17.1 Å². The smallest absolute Gasteiger partial charge is 0.136 e. The van der Waals surface area contributed by atoms with E-state index in [9.17, 15) is 0 Å². The quantitative estimate of drug-likeness (QED) is 0.153. The highest BCUT2D eigenvalue weighted by Crippen LogP contribution is 2.54. The average molecular weight is 780 g/mol. The molecule has 0 radical (unpaired) electrons. The van der Waals surface area contributed by atoms with Crippen LogP contribution in [-0.2, 0) is 12.8 Å². The molecular formula is C59H41NO. The van der Waals surface area contributed by atoms with E-state index < -0.39 is 0 Å². The number of para-hydroxylation sites is 1. The SMILES string of the molecule is C=C1c2ccccc2-c2cccc(N(c3ccccc3)c3cc(-c4cccc5oc6cc(CC(c7ccccc7)c7ccccc7)ccc6c45)cc4c3-c3ccccc3C4)c21. The standard InChI is InChI=1S/C59H41NO/c1-38-46-24-13-14-26-49(46)50-28-15-29-53(57(38)50)60(45-22-9-4-10-23-45)54-37-43(36-44-35-42-21-11-12-25-47(42)58(44)54)48-27-16-30-55-59(48)51-32-31-39(34-56(51)61-55)33-52(40-17-5-2-6-18-40)41-19-7-3-8-20-41/h2-32,34,36-37,52H,1,33,35H2. The molecule has 2 nitrogen and oxygen atoms in total. The van der Waals surface area contributed by atoms with Crippen LogP contribution < -0.4 is 4.90 Å². The van der Waals surface area contributed by atoms with Crippen molar-refractivity contribution in [3.63, 3.8) is 0 Å². The Balaban J connectivity index is 1.04. The number of nitrogens with zero attached hydrogens (tertiary/aromatic N) is 1. The van der Waals surface area contributed by atoms with Crippen molar-refractivity contribution in [1.82, 2.24) is 0 Å². The molecule has 0 saturated heterocycles. The lowest BCUT2D eigenvalue weighted by molar-refractivity contribution is 0.667. The number of fused-ring (bicyclic) bond motifs is 9. The lowest BCUT2D eigenvalue weighted by atomic mass is 9.86. The highest BCUT2D eigenvalue weighted by molar-refractivity contribution is 6.13. The van der Waals surface area contributed by atoms with Crippen molar-refractivity contribution in [2.45, 2.75) is 18.8 Å². The van der Waals surface area contributed by atoms with E-state index in [1.165, 1.54) is 72.3 Å². The first kappa shape index (κ1) is 35.3. The fraction of sp³-hybridized carbons (Fsp3) is 0.0508. The lowest BCUT2D eigenvalue weighted by Gasteiger charge is -2.30. The highest BCUT2D eigenvalue weighted by Gasteiger charge is 2.32. The molecule has 0 spiro atoms. The van der Waals surface area contributed by atoms with Crippen molar-refractivity contribution in [1.29, 1.82) is 0 Å². The Morgan fingerprint density at radius 3 is 1.89 bits per heavy atom. The topological polar surface area (TPSA) is 16.4 Å². The van der Waals surface area contributed by atoms with Crippen molar-refractivity contribution in [2.24, 2.45) is 0 Å². The third-order valence-corrected chi connectivity index (χ3v) is 13.0. The molecule has 2 heteroatoms. The van der Waals surface area contributed by atoms with Crippen LogP contribution in [0.1, 0.15) is 44.9 Å². The van der Waals surface area contributed by atoms with Gasteiger partial charge in [-0.25, -0.2) is 0 Å². The number of benzene rings is 9. The van der Waals surface area contributed by atoms with Gasteiger partial charge in [0.05, 0.1) is 11.4 Å². The maximum Gasteiger partial charge on any atom is 0.136 e. The Hall–Kier alpha value is -7.68. The maximum atomic E-state index is 6.78. The van der Waals surface area contributed by atoms with Crippen LogP contribution in [-0.4, -0.2) is 0 Å². The first-order chi connectivity index (χ1) is 30.2. The van der Waals surface area contributed by atoms with Crippen LogP contribution in [0.5, 0.6) is 0 Å². The molecule has 0 unspecified atom stereocenters. The third kappa shape index (κ3) is 5.79. The van der Waals surface area contributed by atoms with E-state index in [1.54, 1.807) is 0 Å². The number of anilines is 3. The molecule has 61 heavy (non-hydrogen) atoms. The second kappa shape index (κ2) is 14.3. The molecule has 10 aromatic rings. The minimum absolute atomic E-state index is 0.235. The molecule has 288 valence electrons. The predicted molar refractivity (Wildman–Crippen MR) is 254 cm³/mol. The van der Waals surface area contributed by atoms with Gasteiger partial charge in [0, 0.05) is 33.5 Å². The van der Waals surface area contributed by atoms with Crippen LogP contribution in [0, 0.1) is 0 Å². The summed E-state index contributed by atoms with van der Waals surface area (Å²) in [4.78, 5) is 2.48. The van der Waals surface area contributed by atoms with Crippen LogP contribution in [0.15, 0.2) is 217 Å². The zero-order valence-corrected chi connectivity index (χ0v) is 33.7. The summed E-state index contributed by atoms with van der Waals surface area (Å²) in [5, 5.41) is 2.27. The molecule has 1 heterocycles. The lowest BCUT2D eigenvalue weighted by Crippen LogP contribution is -2.13. The van der Waals surface area contributed by atoms with Crippen molar-refractivity contribution < 1.29 is 4.42 Å². The predicted octanol–water partition coefficient (Wildman–Crippen LogP) is 15.7. The van der Waals surface area contributed by atoms with E-state index in [2.05, 4.69) is 211 Å². The molecule has 0 fully saturated rings. The second-order valence-electron chi connectivity index (χ2n) is 16.4. The van der Waals surface area contributed by atoms with Crippen LogP contribution in [0.2, 0.25) is 0 Å². The normalized spacial score (nSPS) is 12.4. The van der Waals surface area contributed by atoms with Gasteiger partial charge in [-0.1, -0.05) is 176 Å². The summed E-state index contributed by atoms with van der Waals surface area (Å²) >= 11 is 0. The van der Waals surface area contributed by atoms with E-state index in [0.717, 1.165) is 57.4 Å². The summed E-state index contributed by atoms with van der Waals surface area (Å²) in [6, 6.07) is 75.1. The van der Waals surface area contributed by atoms with Gasteiger partial charge in [-0.15, -0.1) is 0 Å². The zero-order chi connectivity index (χ0) is 40.4. The molecular weight excluding hydrogens is 739 g/mol. The van der Waals surface area contributed by atoms with Crippen LogP contribution in [0.3, 0.4) is 0 Å². The van der Waals surface area contributed by atoms with Crippen molar-refractivity contribution in [3.8, 4) is 33.4 Å². The molecule has 0 bridgehead atoms. The number of furan rings is 1. The Morgan fingerprint density at radius 2 is 1.11 bits per heavy atom. The van der Waals surface area contributed by atoms with Crippen LogP contribution in [0.25, 0.3) is 60.9 Å². The highest BCUT2D eigenvalue weighted by atomic mass is 16.3. The monoisotopic (exact) mass is 779 g/mol. The van der Waals surface area contributed by atoms with Gasteiger partial charge in [-0.05, 0) is 116 Å². The van der Waals surface area contributed by atoms with Crippen molar-refractivity contribution in [2.75, 3.05) is 4.90 Å². The zero-order valence-electron chi connectivity index (χ0n) is 33.7. The van der Waals surface area contributed by atoms with E-state index in [4.69, 9.17) is 11.0 Å². The van der Waals surface area contributed by atoms with Gasteiger partial charge >= 0.3 is 0 Å². The molecule has 2 aliphatic rings. The Labute approximate surface area is 356 Å². The molecule has 12 rings (SSSR count). The van der Waals surface area contributed by atoms with E-state index in [-0.39, 0.29) is 5.92 Å². The Morgan fingerprint density at radius 1 is 0.475 bits per heavy atom. The second-order valence-corrected chi connectivity index (χ2v) is 16.4. The summed E-state index contributed by atoms with van der Waals surface area (Å²) in [6.45, 7) is 4.71. The summed E-state index contributed by atoms with van der Waals surface area (Å²) < 4.78 is 6.78. The summed E-state index contributed by atoms with van der Waals surface area (Å²) in [7, 11) is 0. The molecule has 1 aromatic heterocycles. The van der Waals surface area contributed by atoms with Gasteiger partial charge in [0.1, 0.15) is 11.2 Å². The van der Waals surface area contributed by atoms with Gasteiger partial charge in [0.25, 0.3) is 0 Å².